The minimum atomic E-state index is -3.99. The molecule has 0 fully saturated rings. The van der Waals surface area contributed by atoms with E-state index in [1.54, 1.807) is 6.92 Å². The molecular weight excluding hydrogens is 406 g/mol. The van der Waals surface area contributed by atoms with Crippen molar-refractivity contribution in [3.63, 3.8) is 0 Å². The van der Waals surface area contributed by atoms with E-state index in [0.29, 0.717) is 5.01 Å². The number of benzene rings is 1. The summed E-state index contributed by atoms with van der Waals surface area (Å²) in [7, 11) is -3.99. The van der Waals surface area contributed by atoms with Crippen molar-refractivity contribution >= 4 is 60.0 Å². The summed E-state index contributed by atoms with van der Waals surface area (Å²) < 4.78 is 26.8. The Bertz CT molecular complexity index is 822. The number of aromatic nitrogens is 2. The molecule has 2 rings (SSSR count). The second-order valence-electron chi connectivity index (χ2n) is 3.80. The number of hydrogen-bond acceptors (Lipinski definition) is 6. The van der Waals surface area contributed by atoms with Crippen LogP contribution in [0.4, 0.5) is 5.13 Å². The number of nitrogens with one attached hydrogen (secondary N) is 1. The molecule has 0 amide bonds. The number of halogens is 2. The molecule has 2 N–H and O–H groups in total. The van der Waals surface area contributed by atoms with Gasteiger partial charge in [0.1, 0.15) is 5.01 Å². The number of rotatable bonds is 4. The number of carboxylic acids is 1. The molecule has 0 aliphatic heterocycles. The summed E-state index contributed by atoms with van der Waals surface area (Å²) in [6.07, 6.45) is 0. The SMILES string of the molecule is Cc1nnc(NS(=O)(=O)c2cc(Br)c(Cl)c(C(=O)O)c2)s1. The molecule has 0 aliphatic rings. The Hall–Kier alpha value is -1.23. The maximum absolute atomic E-state index is 12.2. The maximum Gasteiger partial charge on any atom is 0.337 e. The molecule has 11 heteroatoms. The normalized spacial score (nSPS) is 11.4. The third-order valence-corrected chi connectivity index (χ3v) is 5.75. The molecule has 1 heterocycles. The fourth-order valence-corrected chi connectivity index (χ4v) is 4.06. The molecule has 1 aromatic heterocycles. The van der Waals surface area contributed by atoms with Crippen LogP contribution >= 0.6 is 38.9 Å². The average molecular weight is 413 g/mol. The fraction of sp³-hybridized carbons (Fsp3) is 0.100. The number of sulfonamides is 1. The minimum Gasteiger partial charge on any atom is -0.478 e. The number of hydrogen-bond donors (Lipinski definition) is 2. The van der Waals surface area contributed by atoms with Crippen LogP contribution in [0.15, 0.2) is 21.5 Å². The zero-order valence-corrected chi connectivity index (χ0v) is 14.3. The van der Waals surface area contributed by atoms with E-state index in [4.69, 9.17) is 16.7 Å². The molecule has 112 valence electrons. The second kappa shape index (κ2) is 5.87. The molecule has 0 saturated carbocycles. The van der Waals surface area contributed by atoms with Crippen LogP contribution in [-0.4, -0.2) is 29.7 Å². The molecule has 21 heavy (non-hydrogen) atoms. The average Bonchev–Trinajstić information content (AvgIpc) is 2.76. The summed E-state index contributed by atoms with van der Waals surface area (Å²) in [5.41, 5.74) is -0.320. The predicted octanol–water partition coefficient (Wildman–Crippen LogP) is 2.76. The highest BCUT2D eigenvalue weighted by atomic mass is 79.9. The molecule has 7 nitrogen and oxygen atoms in total. The lowest BCUT2D eigenvalue weighted by Gasteiger charge is -2.08. The van der Waals surface area contributed by atoms with Crippen molar-refractivity contribution in [2.75, 3.05) is 4.72 Å². The smallest absolute Gasteiger partial charge is 0.337 e. The van der Waals surface area contributed by atoms with Crippen LogP contribution in [0.3, 0.4) is 0 Å². The van der Waals surface area contributed by atoms with Crippen molar-refractivity contribution in [3.8, 4) is 0 Å². The Morgan fingerprint density at radius 3 is 2.62 bits per heavy atom. The van der Waals surface area contributed by atoms with Crippen LogP contribution in [0.5, 0.6) is 0 Å². The standard InChI is InChI=1S/C10H7BrClN3O4S2/c1-4-13-14-10(20-4)15-21(18,19)5-2-6(9(16)17)8(12)7(11)3-5/h2-3H,1H3,(H,14,15)(H,16,17). The Kier molecular flexibility index (Phi) is 4.51. The van der Waals surface area contributed by atoms with Crippen molar-refractivity contribution < 1.29 is 18.3 Å². The van der Waals surface area contributed by atoms with Crippen molar-refractivity contribution in [2.45, 2.75) is 11.8 Å². The molecule has 0 bridgehead atoms. The van der Waals surface area contributed by atoms with E-state index < -0.39 is 16.0 Å². The molecule has 2 aromatic rings. The minimum absolute atomic E-state index is 0.0757. The van der Waals surface area contributed by atoms with Gasteiger partial charge in [-0.1, -0.05) is 22.9 Å². The lowest BCUT2D eigenvalue weighted by molar-refractivity contribution is 0.0696. The predicted molar refractivity (Wildman–Crippen MR) is 81.6 cm³/mol. The Morgan fingerprint density at radius 1 is 1.43 bits per heavy atom. The largest absolute Gasteiger partial charge is 0.478 e. The van der Waals surface area contributed by atoms with Crippen LogP contribution in [0.1, 0.15) is 15.4 Å². The Morgan fingerprint density at radius 2 is 2.10 bits per heavy atom. The van der Waals surface area contributed by atoms with Gasteiger partial charge < -0.3 is 5.11 Å². The van der Waals surface area contributed by atoms with E-state index in [9.17, 15) is 13.2 Å². The van der Waals surface area contributed by atoms with Crippen molar-refractivity contribution in [1.82, 2.24) is 10.2 Å². The summed E-state index contributed by atoms with van der Waals surface area (Å²) in [5.74, 6) is -1.33. The van der Waals surface area contributed by atoms with Gasteiger partial charge in [-0.3, -0.25) is 4.72 Å². The van der Waals surface area contributed by atoms with Crippen LogP contribution in [0.25, 0.3) is 0 Å². The topological polar surface area (TPSA) is 109 Å². The molecule has 1 aromatic carbocycles. The lowest BCUT2D eigenvalue weighted by atomic mass is 10.2. The van der Waals surface area contributed by atoms with E-state index in [1.807, 2.05) is 0 Å². The van der Waals surface area contributed by atoms with Gasteiger partial charge in [0.25, 0.3) is 10.0 Å². The van der Waals surface area contributed by atoms with Crippen molar-refractivity contribution in [1.29, 1.82) is 0 Å². The van der Waals surface area contributed by atoms with E-state index in [1.165, 1.54) is 6.07 Å². The summed E-state index contributed by atoms with van der Waals surface area (Å²) in [6, 6.07) is 2.19. The second-order valence-corrected chi connectivity index (χ2v) is 7.90. The third kappa shape index (κ3) is 3.51. The number of carbonyl (C=O) groups is 1. The molecule has 0 unspecified atom stereocenters. The summed E-state index contributed by atoms with van der Waals surface area (Å²) in [4.78, 5) is 10.8. The van der Waals surface area contributed by atoms with E-state index in [-0.39, 0.29) is 25.1 Å². The molecule has 0 saturated heterocycles. The number of aryl methyl sites for hydroxylation is 1. The van der Waals surface area contributed by atoms with E-state index >= 15 is 0 Å². The first-order valence-corrected chi connectivity index (χ1v) is 8.73. The number of carboxylic acid groups (broad SMARTS) is 1. The quantitative estimate of drug-likeness (QED) is 0.799. The summed E-state index contributed by atoms with van der Waals surface area (Å²) in [6.45, 7) is 1.68. The molecule has 0 spiro atoms. The van der Waals surface area contributed by atoms with Crippen LogP contribution in [-0.2, 0) is 10.0 Å². The van der Waals surface area contributed by atoms with Crippen molar-refractivity contribution in [2.24, 2.45) is 0 Å². The monoisotopic (exact) mass is 411 g/mol. The van der Waals surface area contributed by atoms with E-state index in [2.05, 4.69) is 30.8 Å². The fourth-order valence-electron chi connectivity index (χ4n) is 1.39. The summed E-state index contributed by atoms with van der Waals surface area (Å²) in [5, 5.41) is 17.0. The van der Waals surface area contributed by atoms with Gasteiger partial charge in [-0.25, -0.2) is 13.2 Å². The highest BCUT2D eigenvalue weighted by Gasteiger charge is 2.22. The Balaban J connectivity index is 2.47. The molecule has 0 radical (unpaired) electrons. The van der Waals surface area contributed by atoms with Gasteiger partial charge in [0.15, 0.2) is 0 Å². The zero-order valence-electron chi connectivity index (χ0n) is 10.3. The van der Waals surface area contributed by atoms with Crippen LogP contribution < -0.4 is 4.72 Å². The van der Waals surface area contributed by atoms with Gasteiger partial charge in [0.2, 0.25) is 5.13 Å². The van der Waals surface area contributed by atoms with Gasteiger partial charge in [-0.2, -0.15) is 0 Å². The van der Waals surface area contributed by atoms with Gasteiger partial charge >= 0.3 is 5.97 Å². The van der Waals surface area contributed by atoms with Crippen LogP contribution in [0.2, 0.25) is 5.02 Å². The first-order chi connectivity index (χ1) is 9.70. The molecule has 0 aliphatic carbocycles. The third-order valence-electron chi connectivity index (χ3n) is 2.29. The zero-order chi connectivity index (χ0) is 15.8. The van der Waals surface area contributed by atoms with Gasteiger partial charge in [-0.15, -0.1) is 10.2 Å². The van der Waals surface area contributed by atoms with E-state index in [0.717, 1.165) is 17.4 Å². The van der Waals surface area contributed by atoms with Crippen molar-refractivity contribution in [3.05, 3.63) is 32.2 Å². The summed E-state index contributed by atoms with van der Waals surface area (Å²) >= 11 is 9.91. The number of aromatic carboxylic acids is 1. The first kappa shape index (κ1) is 16.1. The van der Waals surface area contributed by atoms with Gasteiger partial charge in [-0.05, 0) is 35.0 Å². The molecular formula is C10H7BrClN3O4S2. The van der Waals surface area contributed by atoms with Crippen LogP contribution in [0, 0.1) is 6.92 Å². The number of nitrogens with zero attached hydrogens (tertiary/aromatic N) is 2. The Labute approximate surface area is 137 Å². The highest BCUT2D eigenvalue weighted by Crippen LogP contribution is 2.31. The highest BCUT2D eigenvalue weighted by molar-refractivity contribution is 9.10. The first-order valence-electron chi connectivity index (χ1n) is 5.26. The van der Waals surface area contributed by atoms with Gasteiger partial charge in [0, 0.05) is 4.47 Å². The maximum atomic E-state index is 12.2. The lowest BCUT2D eigenvalue weighted by Crippen LogP contribution is -2.14. The van der Waals surface area contributed by atoms with Gasteiger partial charge in [0.05, 0.1) is 15.5 Å². The molecule has 0 atom stereocenters. The number of anilines is 1.